The van der Waals surface area contributed by atoms with Crippen LogP contribution in [0.5, 0.6) is 0 Å². The minimum Gasteiger partial charge on any atom is -0.460 e. The van der Waals surface area contributed by atoms with E-state index in [0.29, 0.717) is 17.8 Å². The average Bonchev–Trinajstić information content (AvgIpc) is 2.36. The van der Waals surface area contributed by atoms with E-state index in [9.17, 15) is 9.59 Å². The molecule has 0 saturated heterocycles. The van der Waals surface area contributed by atoms with Crippen molar-refractivity contribution >= 4 is 11.9 Å². The molecular formula is C14H22O6. The highest BCUT2D eigenvalue weighted by atomic mass is 16.7. The van der Waals surface area contributed by atoms with Crippen molar-refractivity contribution in [2.45, 2.75) is 27.1 Å². The number of carbonyl (C=O) groups excluding carboxylic acids is 2. The molecular weight excluding hydrogens is 264 g/mol. The lowest BCUT2D eigenvalue weighted by Crippen LogP contribution is -2.21. The first kappa shape index (κ1) is 18.3. The standard InChI is InChI=1S/C14H22O6/c1-10(2)13(15)19-9-7-17-6-8-18-12(5)20-14(16)11(3)4/h12H,1,3,6-9H2,2,4-5H3. The van der Waals surface area contributed by atoms with Gasteiger partial charge in [-0.2, -0.15) is 0 Å². The lowest BCUT2D eigenvalue weighted by atomic mass is 10.4. The SMILES string of the molecule is C=C(C)C(=O)OCCOCCOC(C)OC(=O)C(=C)C. The van der Waals surface area contributed by atoms with Crippen LogP contribution in [-0.2, 0) is 28.5 Å². The zero-order valence-electron chi connectivity index (χ0n) is 12.3. The fourth-order valence-corrected chi connectivity index (χ4v) is 0.977. The van der Waals surface area contributed by atoms with E-state index in [1.54, 1.807) is 20.8 Å². The number of hydrogen-bond acceptors (Lipinski definition) is 6. The number of ether oxygens (including phenoxy) is 4. The fourth-order valence-electron chi connectivity index (χ4n) is 0.977. The van der Waals surface area contributed by atoms with E-state index in [2.05, 4.69) is 13.2 Å². The summed E-state index contributed by atoms with van der Waals surface area (Å²) in [6.45, 7) is 12.7. The van der Waals surface area contributed by atoms with Crippen molar-refractivity contribution in [3.63, 3.8) is 0 Å². The van der Waals surface area contributed by atoms with E-state index < -0.39 is 18.2 Å². The van der Waals surface area contributed by atoms with Gasteiger partial charge in [-0.25, -0.2) is 9.59 Å². The van der Waals surface area contributed by atoms with Crippen molar-refractivity contribution in [1.82, 2.24) is 0 Å². The van der Waals surface area contributed by atoms with Crippen molar-refractivity contribution in [3.8, 4) is 0 Å². The van der Waals surface area contributed by atoms with Gasteiger partial charge in [-0.15, -0.1) is 0 Å². The van der Waals surface area contributed by atoms with Gasteiger partial charge in [0.1, 0.15) is 6.61 Å². The molecule has 1 unspecified atom stereocenters. The normalized spacial score (nSPS) is 11.6. The second-order valence-corrected chi connectivity index (χ2v) is 4.15. The topological polar surface area (TPSA) is 71.1 Å². The van der Waals surface area contributed by atoms with Crippen LogP contribution in [0.4, 0.5) is 0 Å². The zero-order chi connectivity index (χ0) is 15.5. The Labute approximate surface area is 119 Å². The smallest absolute Gasteiger partial charge is 0.335 e. The van der Waals surface area contributed by atoms with E-state index in [4.69, 9.17) is 18.9 Å². The Morgan fingerprint density at radius 1 is 0.950 bits per heavy atom. The van der Waals surface area contributed by atoms with Crippen LogP contribution < -0.4 is 0 Å². The van der Waals surface area contributed by atoms with Gasteiger partial charge in [0, 0.05) is 11.1 Å². The Morgan fingerprint density at radius 2 is 1.50 bits per heavy atom. The summed E-state index contributed by atoms with van der Waals surface area (Å²) < 4.78 is 20.1. The molecule has 0 heterocycles. The first-order chi connectivity index (χ1) is 9.34. The largest absolute Gasteiger partial charge is 0.460 e. The third kappa shape index (κ3) is 9.29. The molecule has 0 rings (SSSR count). The van der Waals surface area contributed by atoms with Crippen molar-refractivity contribution in [3.05, 3.63) is 24.3 Å². The number of hydrogen-bond donors (Lipinski definition) is 0. The quantitative estimate of drug-likeness (QED) is 0.263. The second kappa shape index (κ2) is 10.2. The van der Waals surface area contributed by atoms with Crippen molar-refractivity contribution < 1.29 is 28.5 Å². The van der Waals surface area contributed by atoms with Gasteiger partial charge in [-0.05, 0) is 20.8 Å². The minimum atomic E-state index is -0.663. The Bertz CT molecular complexity index is 361. The van der Waals surface area contributed by atoms with E-state index in [1.165, 1.54) is 0 Å². The van der Waals surface area contributed by atoms with Crippen LogP contribution in [0.2, 0.25) is 0 Å². The van der Waals surface area contributed by atoms with Gasteiger partial charge in [0.05, 0.1) is 19.8 Å². The summed E-state index contributed by atoms with van der Waals surface area (Å²) in [5.41, 5.74) is 0.664. The van der Waals surface area contributed by atoms with Gasteiger partial charge in [-0.1, -0.05) is 13.2 Å². The molecule has 114 valence electrons. The summed E-state index contributed by atoms with van der Waals surface area (Å²) >= 11 is 0. The van der Waals surface area contributed by atoms with Crippen molar-refractivity contribution in [1.29, 1.82) is 0 Å². The molecule has 0 bridgehead atoms. The molecule has 0 aromatic heterocycles. The first-order valence-corrected chi connectivity index (χ1v) is 6.23. The molecule has 6 heteroatoms. The molecule has 0 aromatic carbocycles. The first-order valence-electron chi connectivity index (χ1n) is 6.23. The Hall–Kier alpha value is -1.66. The predicted octanol–water partition coefficient (Wildman–Crippen LogP) is 1.60. The Balaban J connectivity index is 3.48. The van der Waals surface area contributed by atoms with Crippen LogP contribution in [0.3, 0.4) is 0 Å². The third-order valence-corrected chi connectivity index (χ3v) is 2.01. The predicted molar refractivity (Wildman–Crippen MR) is 72.9 cm³/mol. The summed E-state index contributed by atoms with van der Waals surface area (Å²) in [6, 6.07) is 0. The van der Waals surface area contributed by atoms with Crippen LogP contribution in [0.1, 0.15) is 20.8 Å². The zero-order valence-corrected chi connectivity index (χ0v) is 12.3. The van der Waals surface area contributed by atoms with Gasteiger partial charge in [0.15, 0.2) is 0 Å². The maximum atomic E-state index is 11.2. The molecule has 0 N–H and O–H groups in total. The van der Waals surface area contributed by atoms with Gasteiger partial charge < -0.3 is 18.9 Å². The van der Waals surface area contributed by atoms with Crippen LogP contribution in [0, 0.1) is 0 Å². The summed E-state index contributed by atoms with van der Waals surface area (Å²) in [5.74, 6) is -0.935. The van der Waals surface area contributed by atoms with Crippen molar-refractivity contribution in [2.75, 3.05) is 26.4 Å². The van der Waals surface area contributed by atoms with Gasteiger partial charge in [0.2, 0.25) is 6.29 Å². The van der Waals surface area contributed by atoms with E-state index in [-0.39, 0.29) is 19.8 Å². The van der Waals surface area contributed by atoms with E-state index in [0.717, 1.165) is 0 Å². The molecule has 0 radical (unpaired) electrons. The number of rotatable bonds is 10. The maximum absolute atomic E-state index is 11.2. The molecule has 0 aliphatic rings. The number of esters is 2. The third-order valence-electron chi connectivity index (χ3n) is 2.01. The summed E-state index contributed by atoms with van der Waals surface area (Å²) in [4.78, 5) is 22.2. The average molecular weight is 286 g/mol. The molecule has 0 fully saturated rings. The molecule has 0 aliphatic heterocycles. The minimum absolute atomic E-state index is 0.159. The van der Waals surface area contributed by atoms with Crippen LogP contribution in [0.15, 0.2) is 24.3 Å². The number of carbonyl (C=O) groups is 2. The van der Waals surface area contributed by atoms with Gasteiger partial charge in [-0.3, -0.25) is 0 Å². The monoisotopic (exact) mass is 286 g/mol. The van der Waals surface area contributed by atoms with Gasteiger partial charge in [0.25, 0.3) is 0 Å². The molecule has 0 aliphatic carbocycles. The van der Waals surface area contributed by atoms with Crippen molar-refractivity contribution in [2.24, 2.45) is 0 Å². The van der Waals surface area contributed by atoms with Crippen LogP contribution in [-0.4, -0.2) is 44.7 Å². The molecule has 6 nitrogen and oxygen atoms in total. The summed E-state index contributed by atoms with van der Waals surface area (Å²) in [5, 5.41) is 0. The second-order valence-electron chi connectivity index (χ2n) is 4.15. The summed E-state index contributed by atoms with van der Waals surface area (Å²) in [7, 11) is 0. The summed E-state index contributed by atoms with van der Waals surface area (Å²) in [6.07, 6.45) is -0.663. The Morgan fingerprint density at radius 3 is 2.05 bits per heavy atom. The highest BCUT2D eigenvalue weighted by Crippen LogP contribution is 1.99. The Kier molecular flexibility index (Phi) is 9.32. The molecule has 0 saturated carbocycles. The van der Waals surface area contributed by atoms with Gasteiger partial charge >= 0.3 is 11.9 Å². The molecule has 1 atom stereocenters. The maximum Gasteiger partial charge on any atom is 0.335 e. The highest BCUT2D eigenvalue weighted by Gasteiger charge is 2.09. The fraction of sp³-hybridized carbons (Fsp3) is 0.571. The molecule has 0 amide bonds. The van der Waals surface area contributed by atoms with Crippen LogP contribution >= 0.6 is 0 Å². The molecule has 0 aromatic rings. The molecule has 20 heavy (non-hydrogen) atoms. The lowest BCUT2D eigenvalue weighted by Gasteiger charge is -2.14. The van der Waals surface area contributed by atoms with Crippen LogP contribution in [0.25, 0.3) is 0 Å². The lowest BCUT2D eigenvalue weighted by molar-refractivity contribution is -0.172. The molecule has 0 spiro atoms. The van der Waals surface area contributed by atoms with E-state index in [1.807, 2.05) is 0 Å². The van der Waals surface area contributed by atoms with E-state index >= 15 is 0 Å². The highest BCUT2D eigenvalue weighted by molar-refractivity contribution is 5.87.